The number of ether oxygens (including phenoxy) is 3. The number of hydrogen-bond donors (Lipinski definition) is 0. The number of carbonyl (C=O) groups excluding carboxylic acids is 3. The molecule has 1 atom stereocenters. The van der Waals surface area contributed by atoms with E-state index in [1.54, 1.807) is 0 Å². The summed E-state index contributed by atoms with van der Waals surface area (Å²) >= 11 is 0. The molecule has 0 unspecified atom stereocenters. The second kappa shape index (κ2) is 52.8. The van der Waals surface area contributed by atoms with Crippen LogP contribution in [0, 0.1) is 11.8 Å². The predicted octanol–water partition coefficient (Wildman–Crippen LogP) is 19.7. The molecular formula is C60H116O6. The Morgan fingerprint density at radius 2 is 0.500 bits per heavy atom. The molecule has 66 heavy (non-hydrogen) atoms. The Morgan fingerprint density at radius 3 is 0.742 bits per heavy atom. The molecule has 6 heteroatoms. The maximum atomic E-state index is 12.8. The molecule has 0 aliphatic heterocycles. The fourth-order valence-corrected chi connectivity index (χ4v) is 9.23. The Morgan fingerprint density at radius 1 is 0.288 bits per heavy atom. The van der Waals surface area contributed by atoms with E-state index in [2.05, 4.69) is 34.6 Å². The van der Waals surface area contributed by atoms with E-state index in [0.29, 0.717) is 19.3 Å². The van der Waals surface area contributed by atoms with E-state index in [-0.39, 0.29) is 31.1 Å². The molecule has 0 aliphatic carbocycles. The lowest BCUT2D eigenvalue weighted by Gasteiger charge is -2.18. The highest BCUT2D eigenvalue weighted by atomic mass is 16.6. The van der Waals surface area contributed by atoms with Crippen LogP contribution >= 0.6 is 0 Å². The van der Waals surface area contributed by atoms with Gasteiger partial charge in [0, 0.05) is 19.3 Å². The van der Waals surface area contributed by atoms with Crippen molar-refractivity contribution in [2.45, 2.75) is 343 Å². The summed E-state index contributed by atoms with van der Waals surface area (Å²) in [4.78, 5) is 38.1. The van der Waals surface area contributed by atoms with E-state index in [4.69, 9.17) is 14.2 Å². The Bertz CT molecular complexity index is 1010. The summed E-state index contributed by atoms with van der Waals surface area (Å²) < 4.78 is 16.9. The average Bonchev–Trinajstić information content (AvgIpc) is 3.29. The molecule has 0 aromatic carbocycles. The minimum absolute atomic E-state index is 0.0625. The fraction of sp³-hybridized carbons (Fsp3) is 0.950. The Kier molecular flexibility index (Phi) is 51.5. The van der Waals surface area contributed by atoms with E-state index < -0.39 is 6.10 Å². The molecule has 6 nitrogen and oxygen atoms in total. The van der Waals surface area contributed by atoms with E-state index in [9.17, 15) is 14.4 Å². The topological polar surface area (TPSA) is 78.9 Å². The molecular weight excluding hydrogens is 817 g/mol. The molecule has 392 valence electrons. The highest BCUT2D eigenvalue weighted by Gasteiger charge is 2.19. The number of carbonyl (C=O) groups is 3. The molecule has 0 saturated heterocycles. The van der Waals surface area contributed by atoms with Crippen LogP contribution in [-0.4, -0.2) is 37.2 Å². The zero-order chi connectivity index (χ0) is 48.2. The van der Waals surface area contributed by atoms with Crippen LogP contribution in [0.2, 0.25) is 0 Å². The lowest BCUT2D eigenvalue weighted by molar-refractivity contribution is -0.167. The minimum atomic E-state index is -0.762. The molecule has 0 amide bonds. The van der Waals surface area contributed by atoms with Gasteiger partial charge in [0.1, 0.15) is 13.2 Å². The molecule has 0 aromatic heterocycles. The van der Waals surface area contributed by atoms with Crippen LogP contribution < -0.4 is 0 Å². The van der Waals surface area contributed by atoms with Crippen LogP contribution in [-0.2, 0) is 28.6 Å². The molecule has 0 N–H and O–H groups in total. The molecule has 0 rings (SSSR count). The minimum Gasteiger partial charge on any atom is -0.462 e. The first-order valence-electron chi connectivity index (χ1n) is 29.7. The molecule has 0 aromatic rings. The maximum absolute atomic E-state index is 12.8. The van der Waals surface area contributed by atoms with Crippen LogP contribution in [0.4, 0.5) is 0 Å². The number of unbranched alkanes of at least 4 members (excludes halogenated alkanes) is 39. The second-order valence-corrected chi connectivity index (χ2v) is 21.6. The first kappa shape index (κ1) is 64.4. The van der Waals surface area contributed by atoms with Gasteiger partial charge in [-0.15, -0.1) is 0 Å². The maximum Gasteiger partial charge on any atom is 0.306 e. The molecule has 0 fully saturated rings. The summed E-state index contributed by atoms with van der Waals surface area (Å²) in [6.45, 7) is 11.4. The zero-order valence-corrected chi connectivity index (χ0v) is 45.3. The smallest absolute Gasteiger partial charge is 0.306 e. The SMILES string of the molecule is CCCCCCCCCCCCCCCCC(=O)O[C@H](COC(=O)CCCCCCCCCCCCCCCCCCCCC(C)C)COC(=O)CCCCCCCCCCCCC(C)C. The highest BCUT2D eigenvalue weighted by molar-refractivity contribution is 5.71. The van der Waals surface area contributed by atoms with Gasteiger partial charge in [0.05, 0.1) is 0 Å². The third-order valence-electron chi connectivity index (χ3n) is 13.7. The fourth-order valence-electron chi connectivity index (χ4n) is 9.23. The second-order valence-electron chi connectivity index (χ2n) is 21.6. The molecule has 0 aliphatic rings. The lowest BCUT2D eigenvalue weighted by Crippen LogP contribution is -2.30. The Labute approximate surface area is 412 Å². The van der Waals surface area contributed by atoms with Crippen molar-refractivity contribution >= 4 is 17.9 Å². The summed E-state index contributed by atoms with van der Waals surface area (Å²) in [7, 11) is 0. The van der Waals surface area contributed by atoms with Crippen molar-refractivity contribution in [2.24, 2.45) is 11.8 Å². The van der Waals surface area contributed by atoms with Gasteiger partial charge in [0.25, 0.3) is 0 Å². The summed E-state index contributed by atoms with van der Waals surface area (Å²) in [6.07, 6.45) is 56.7. The van der Waals surface area contributed by atoms with Gasteiger partial charge < -0.3 is 14.2 Å². The summed E-state index contributed by atoms with van der Waals surface area (Å²) in [5.74, 6) is 0.840. The number of hydrogen-bond acceptors (Lipinski definition) is 6. The third-order valence-corrected chi connectivity index (χ3v) is 13.7. The Balaban J connectivity index is 4.24. The van der Waals surface area contributed by atoms with Crippen LogP contribution in [0.15, 0.2) is 0 Å². The molecule has 0 saturated carbocycles. The van der Waals surface area contributed by atoms with Gasteiger partial charge in [-0.2, -0.15) is 0 Å². The van der Waals surface area contributed by atoms with Crippen molar-refractivity contribution in [1.29, 1.82) is 0 Å². The van der Waals surface area contributed by atoms with Crippen LogP contribution in [0.25, 0.3) is 0 Å². The quantitative estimate of drug-likeness (QED) is 0.0343. The molecule has 0 spiro atoms. The van der Waals surface area contributed by atoms with Crippen LogP contribution in [0.3, 0.4) is 0 Å². The first-order valence-corrected chi connectivity index (χ1v) is 29.7. The van der Waals surface area contributed by atoms with Crippen molar-refractivity contribution in [1.82, 2.24) is 0 Å². The van der Waals surface area contributed by atoms with Gasteiger partial charge in [-0.25, -0.2) is 0 Å². The van der Waals surface area contributed by atoms with Crippen molar-refractivity contribution < 1.29 is 28.6 Å². The summed E-state index contributed by atoms with van der Waals surface area (Å²) in [5.41, 5.74) is 0. The molecule has 0 bridgehead atoms. The van der Waals surface area contributed by atoms with Crippen LogP contribution in [0.1, 0.15) is 336 Å². The summed E-state index contributed by atoms with van der Waals surface area (Å²) in [6, 6.07) is 0. The van der Waals surface area contributed by atoms with Crippen LogP contribution in [0.5, 0.6) is 0 Å². The third kappa shape index (κ3) is 53.4. The van der Waals surface area contributed by atoms with E-state index >= 15 is 0 Å². The van der Waals surface area contributed by atoms with E-state index in [1.165, 1.54) is 225 Å². The predicted molar refractivity (Wildman–Crippen MR) is 284 cm³/mol. The van der Waals surface area contributed by atoms with Crippen molar-refractivity contribution in [3.63, 3.8) is 0 Å². The number of rotatable bonds is 54. The van der Waals surface area contributed by atoms with Crippen molar-refractivity contribution in [3.05, 3.63) is 0 Å². The van der Waals surface area contributed by atoms with E-state index in [1.807, 2.05) is 0 Å². The van der Waals surface area contributed by atoms with Gasteiger partial charge in [0.2, 0.25) is 0 Å². The van der Waals surface area contributed by atoms with E-state index in [0.717, 1.165) is 69.6 Å². The Hall–Kier alpha value is -1.59. The standard InChI is InChI=1S/C60H116O6/c1-6-7-8-9-10-11-12-13-21-25-32-37-42-47-52-60(63)66-57(54-65-59(62)51-46-41-36-31-27-26-29-34-39-44-49-56(4)5)53-64-58(61)50-45-40-35-30-24-22-19-17-15-14-16-18-20-23-28-33-38-43-48-55(2)3/h55-57H,6-54H2,1-5H3/t57-/m1/s1. The van der Waals surface area contributed by atoms with Gasteiger partial charge in [0.15, 0.2) is 6.10 Å². The van der Waals surface area contributed by atoms with Gasteiger partial charge in [-0.05, 0) is 31.1 Å². The molecule has 0 radical (unpaired) electrons. The monoisotopic (exact) mass is 933 g/mol. The average molecular weight is 934 g/mol. The zero-order valence-electron chi connectivity index (χ0n) is 45.3. The normalized spacial score (nSPS) is 12.0. The number of esters is 3. The summed E-state index contributed by atoms with van der Waals surface area (Å²) in [5, 5.41) is 0. The lowest BCUT2D eigenvalue weighted by atomic mass is 10.0. The van der Waals surface area contributed by atoms with Gasteiger partial charge in [-0.1, -0.05) is 298 Å². The van der Waals surface area contributed by atoms with Crippen molar-refractivity contribution in [2.75, 3.05) is 13.2 Å². The largest absolute Gasteiger partial charge is 0.462 e. The van der Waals surface area contributed by atoms with Gasteiger partial charge >= 0.3 is 17.9 Å². The first-order chi connectivity index (χ1) is 32.2. The van der Waals surface area contributed by atoms with Gasteiger partial charge in [-0.3, -0.25) is 14.4 Å². The highest BCUT2D eigenvalue weighted by Crippen LogP contribution is 2.18. The van der Waals surface area contributed by atoms with Crippen molar-refractivity contribution in [3.8, 4) is 0 Å². The molecule has 0 heterocycles.